The molecule has 1 unspecified atom stereocenters. The lowest BCUT2D eigenvalue weighted by molar-refractivity contribution is 0.588. The van der Waals surface area contributed by atoms with Gasteiger partial charge in [-0.25, -0.2) is 4.98 Å². The van der Waals surface area contributed by atoms with Gasteiger partial charge in [-0.3, -0.25) is 0 Å². The lowest BCUT2D eigenvalue weighted by Gasteiger charge is -2.06. The molecule has 1 aromatic heterocycles. The fourth-order valence-corrected chi connectivity index (χ4v) is 3.17. The minimum atomic E-state index is 0.581. The van der Waals surface area contributed by atoms with E-state index >= 15 is 0 Å². The minimum absolute atomic E-state index is 0.581. The van der Waals surface area contributed by atoms with E-state index in [4.69, 9.17) is 4.98 Å². The predicted molar refractivity (Wildman–Crippen MR) is 81.2 cm³/mol. The lowest BCUT2D eigenvalue weighted by atomic mass is 10.1. The van der Waals surface area contributed by atoms with Crippen molar-refractivity contribution in [1.29, 1.82) is 0 Å². The summed E-state index contributed by atoms with van der Waals surface area (Å²) in [6, 6.07) is 8.82. The summed E-state index contributed by atoms with van der Waals surface area (Å²) in [6.45, 7) is 3.23. The summed E-state index contributed by atoms with van der Waals surface area (Å²) in [5.41, 5.74) is 3.35. The first-order chi connectivity index (χ1) is 9.24. The molecule has 0 radical (unpaired) electrons. The van der Waals surface area contributed by atoms with Gasteiger partial charge >= 0.3 is 0 Å². The van der Waals surface area contributed by atoms with Gasteiger partial charge in [0.25, 0.3) is 0 Å². The molecule has 19 heavy (non-hydrogen) atoms. The first kappa shape index (κ1) is 12.9. The van der Waals surface area contributed by atoms with Gasteiger partial charge in [-0.05, 0) is 32.4 Å². The van der Waals surface area contributed by atoms with Crippen LogP contribution in [0.5, 0.6) is 0 Å². The average Bonchev–Trinajstić information content (AvgIpc) is 3.01. The van der Waals surface area contributed by atoms with E-state index in [2.05, 4.69) is 45.3 Å². The topological polar surface area (TPSA) is 40.7 Å². The number of hydrogen-bond donors (Lipinski definition) is 2. The maximum Gasteiger partial charge on any atom is 0.108 e. The van der Waals surface area contributed by atoms with Gasteiger partial charge in [0.05, 0.1) is 5.69 Å². The predicted octanol–water partition coefficient (Wildman–Crippen LogP) is 3.44. The Kier molecular flexibility index (Phi) is 3.71. The molecule has 100 valence electrons. The zero-order chi connectivity index (χ0) is 13.2. The number of aromatic amines is 1. The highest BCUT2D eigenvalue weighted by atomic mass is 79.9. The van der Waals surface area contributed by atoms with Gasteiger partial charge in [0, 0.05) is 28.2 Å². The molecule has 0 spiro atoms. The van der Waals surface area contributed by atoms with Gasteiger partial charge in [-0.1, -0.05) is 34.1 Å². The van der Waals surface area contributed by atoms with Crippen LogP contribution in [0.3, 0.4) is 0 Å². The first-order valence-corrected chi connectivity index (χ1v) is 7.57. The molecule has 2 heterocycles. The van der Waals surface area contributed by atoms with E-state index in [1.807, 2.05) is 12.1 Å². The highest BCUT2D eigenvalue weighted by molar-refractivity contribution is 9.10. The van der Waals surface area contributed by atoms with Crippen molar-refractivity contribution >= 4 is 15.9 Å². The van der Waals surface area contributed by atoms with E-state index in [9.17, 15) is 0 Å². The fourth-order valence-electron chi connectivity index (χ4n) is 2.70. The number of halogens is 1. The SMILES string of the molecule is Cc1[nH]c(CC2CCCN2)nc1-c1ccccc1Br. The van der Waals surface area contributed by atoms with Crippen molar-refractivity contribution in [1.82, 2.24) is 15.3 Å². The van der Waals surface area contributed by atoms with Crippen molar-refractivity contribution in [2.24, 2.45) is 0 Å². The standard InChI is InChI=1S/C15H18BrN3/c1-10-15(12-6-2-3-7-13(12)16)19-14(18-10)9-11-5-4-8-17-11/h2-3,6-7,11,17H,4-5,8-9H2,1H3,(H,18,19). The summed E-state index contributed by atoms with van der Waals surface area (Å²) in [6.07, 6.45) is 3.52. The molecular formula is C15H18BrN3. The molecule has 2 aromatic rings. The molecule has 1 aromatic carbocycles. The summed E-state index contributed by atoms with van der Waals surface area (Å²) in [5.74, 6) is 1.09. The maximum absolute atomic E-state index is 4.78. The van der Waals surface area contributed by atoms with Gasteiger partial charge in [0.2, 0.25) is 0 Å². The number of benzene rings is 1. The van der Waals surface area contributed by atoms with Crippen LogP contribution < -0.4 is 5.32 Å². The molecule has 1 aliphatic heterocycles. The van der Waals surface area contributed by atoms with Crippen molar-refractivity contribution < 1.29 is 0 Å². The van der Waals surface area contributed by atoms with Crippen LogP contribution in [0.1, 0.15) is 24.4 Å². The van der Waals surface area contributed by atoms with E-state index < -0.39 is 0 Å². The maximum atomic E-state index is 4.78. The Balaban J connectivity index is 1.87. The number of aromatic nitrogens is 2. The summed E-state index contributed by atoms with van der Waals surface area (Å²) in [7, 11) is 0. The van der Waals surface area contributed by atoms with Crippen molar-refractivity contribution in [3.8, 4) is 11.3 Å². The molecular weight excluding hydrogens is 302 g/mol. The second kappa shape index (κ2) is 5.47. The Morgan fingerprint density at radius 2 is 2.21 bits per heavy atom. The summed E-state index contributed by atoms with van der Waals surface area (Å²) >= 11 is 3.60. The number of hydrogen-bond acceptors (Lipinski definition) is 2. The first-order valence-electron chi connectivity index (χ1n) is 6.78. The summed E-state index contributed by atoms with van der Waals surface area (Å²) in [4.78, 5) is 8.20. The minimum Gasteiger partial charge on any atom is -0.346 e. The molecule has 3 nitrogen and oxygen atoms in total. The fraction of sp³-hybridized carbons (Fsp3) is 0.400. The second-order valence-electron chi connectivity index (χ2n) is 5.13. The van der Waals surface area contributed by atoms with Gasteiger partial charge in [0.1, 0.15) is 5.82 Å². The smallest absolute Gasteiger partial charge is 0.108 e. The van der Waals surface area contributed by atoms with Crippen LogP contribution in [0.2, 0.25) is 0 Å². The van der Waals surface area contributed by atoms with E-state index in [-0.39, 0.29) is 0 Å². The number of nitrogens with one attached hydrogen (secondary N) is 2. The molecule has 0 amide bonds. The number of nitrogens with zero attached hydrogens (tertiary/aromatic N) is 1. The monoisotopic (exact) mass is 319 g/mol. The van der Waals surface area contributed by atoms with Crippen LogP contribution in [-0.2, 0) is 6.42 Å². The van der Waals surface area contributed by atoms with Gasteiger partial charge in [-0.15, -0.1) is 0 Å². The number of aryl methyl sites for hydroxylation is 1. The molecule has 1 saturated heterocycles. The summed E-state index contributed by atoms with van der Waals surface area (Å²) in [5, 5.41) is 3.52. The van der Waals surface area contributed by atoms with Crippen molar-refractivity contribution in [2.45, 2.75) is 32.2 Å². The molecule has 1 fully saturated rings. The van der Waals surface area contributed by atoms with Crippen LogP contribution in [-0.4, -0.2) is 22.6 Å². The lowest BCUT2D eigenvalue weighted by Crippen LogP contribution is -2.24. The molecule has 2 N–H and O–H groups in total. The van der Waals surface area contributed by atoms with E-state index in [0.29, 0.717) is 6.04 Å². The Labute approximate surface area is 122 Å². The zero-order valence-electron chi connectivity index (χ0n) is 11.0. The Bertz CT molecular complexity index is 571. The molecule has 3 rings (SSSR count). The van der Waals surface area contributed by atoms with Crippen LogP contribution in [0.15, 0.2) is 28.7 Å². The highest BCUT2D eigenvalue weighted by Gasteiger charge is 2.18. The molecule has 4 heteroatoms. The molecule has 0 saturated carbocycles. The molecule has 1 atom stereocenters. The zero-order valence-corrected chi connectivity index (χ0v) is 12.6. The van der Waals surface area contributed by atoms with Crippen molar-refractivity contribution in [2.75, 3.05) is 6.54 Å². The largest absolute Gasteiger partial charge is 0.346 e. The van der Waals surface area contributed by atoms with Crippen molar-refractivity contribution in [3.63, 3.8) is 0 Å². The van der Waals surface area contributed by atoms with Crippen molar-refractivity contribution in [3.05, 3.63) is 40.3 Å². The quantitative estimate of drug-likeness (QED) is 0.909. The van der Waals surface area contributed by atoms with Crippen LogP contribution >= 0.6 is 15.9 Å². The van der Waals surface area contributed by atoms with E-state index in [1.165, 1.54) is 12.8 Å². The number of imidazole rings is 1. The average molecular weight is 320 g/mol. The van der Waals surface area contributed by atoms with Gasteiger partial charge in [0.15, 0.2) is 0 Å². The third kappa shape index (κ3) is 2.74. The normalized spacial score (nSPS) is 18.9. The Hall–Kier alpha value is -1.13. The van der Waals surface area contributed by atoms with Crippen LogP contribution in [0.25, 0.3) is 11.3 Å². The van der Waals surface area contributed by atoms with E-state index in [0.717, 1.165) is 40.2 Å². The van der Waals surface area contributed by atoms with Crippen LogP contribution in [0, 0.1) is 6.92 Å². The third-order valence-electron chi connectivity index (χ3n) is 3.66. The Morgan fingerprint density at radius 1 is 1.37 bits per heavy atom. The summed E-state index contributed by atoms with van der Waals surface area (Å²) < 4.78 is 1.09. The molecule has 0 aliphatic carbocycles. The van der Waals surface area contributed by atoms with E-state index in [1.54, 1.807) is 0 Å². The van der Waals surface area contributed by atoms with Gasteiger partial charge in [-0.2, -0.15) is 0 Å². The number of rotatable bonds is 3. The Morgan fingerprint density at radius 3 is 2.95 bits per heavy atom. The second-order valence-corrected chi connectivity index (χ2v) is 5.99. The third-order valence-corrected chi connectivity index (χ3v) is 4.36. The van der Waals surface area contributed by atoms with Crippen LogP contribution in [0.4, 0.5) is 0 Å². The highest BCUT2D eigenvalue weighted by Crippen LogP contribution is 2.29. The van der Waals surface area contributed by atoms with Gasteiger partial charge < -0.3 is 10.3 Å². The number of H-pyrrole nitrogens is 1. The molecule has 0 bridgehead atoms. The molecule has 1 aliphatic rings.